The largest absolute Gasteiger partial charge is 0.496 e. The van der Waals surface area contributed by atoms with E-state index in [0.717, 1.165) is 15.8 Å². The number of benzene rings is 1. The van der Waals surface area contributed by atoms with Gasteiger partial charge in [-0.2, -0.15) is 0 Å². The van der Waals surface area contributed by atoms with Gasteiger partial charge in [0.05, 0.1) is 17.2 Å². The topological polar surface area (TPSA) is 29.5 Å². The Labute approximate surface area is 86.7 Å². The van der Waals surface area contributed by atoms with Gasteiger partial charge in [0.2, 0.25) is 0 Å². The molecule has 2 nitrogen and oxygen atoms in total. The molecule has 13 heavy (non-hydrogen) atoms. The van der Waals surface area contributed by atoms with Crippen molar-refractivity contribution in [1.29, 1.82) is 0 Å². The standard InChI is InChI=1S/C10H13BrO2/c1-10(2,12)7-4-5-9(13-3)8(11)6-7/h4-6,12H,1-3H3. The second-order valence-electron chi connectivity index (χ2n) is 3.41. The van der Waals surface area contributed by atoms with Crippen molar-refractivity contribution in [2.24, 2.45) is 0 Å². The third-order valence-corrected chi connectivity index (χ3v) is 2.48. The van der Waals surface area contributed by atoms with Gasteiger partial charge in [-0.1, -0.05) is 6.07 Å². The Morgan fingerprint density at radius 1 is 1.38 bits per heavy atom. The molecule has 0 atom stereocenters. The fourth-order valence-electron chi connectivity index (χ4n) is 1.05. The third-order valence-electron chi connectivity index (χ3n) is 1.86. The van der Waals surface area contributed by atoms with Gasteiger partial charge in [-0.05, 0) is 47.5 Å². The van der Waals surface area contributed by atoms with Crippen LogP contribution in [0.15, 0.2) is 22.7 Å². The van der Waals surface area contributed by atoms with Crippen molar-refractivity contribution < 1.29 is 9.84 Å². The Hall–Kier alpha value is -0.540. The second kappa shape index (κ2) is 3.68. The SMILES string of the molecule is COc1ccc(C(C)(C)O)cc1Br. The molecule has 0 saturated heterocycles. The van der Waals surface area contributed by atoms with Gasteiger partial charge in [0.1, 0.15) is 5.75 Å². The molecule has 0 amide bonds. The number of halogens is 1. The fourth-order valence-corrected chi connectivity index (χ4v) is 1.59. The number of rotatable bonds is 2. The van der Waals surface area contributed by atoms with Gasteiger partial charge < -0.3 is 9.84 Å². The van der Waals surface area contributed by atoms with Crippen molar-refractivity contribution in [2.45, 2.75) is 19.4 Å². The predicted molar refractivity (Wildman–Crippen MR) is 55.9 cm³/mol. The molecule has 1 aromatic carbocycles. The highest BCUT2D eigenvalue weighted by molar-refractivity contribution is 9.10. The Balaban J connectivity index is 3.10. The highest BCUT2D eigenvalue weighted by Gasteiger charge is 2.16. The smallest absolute Gasteiger partial charge is 0.133 e. The number of ether oxygens (including phenoxy) is 1. The van der Waals surface area contributed by atoms with E-state index < -0.39 is 5.60 Å². The third kappa shape index (κ3) is 2.45. The molecule has 1 rings (SSSR count). The summed E-state index contributed by atoms with van der Waals surface area (Å²) in [5.41, 5.74) is 0.0506. The maximum Gasteiger partial charge on any atom is 0.133 e. The summed E-state index contributed by atoms with van der Waals surface area (Å²) in [7, 11) is 1.61. The quantitative estimate of drug-likeness (QED) is 0.867. The van der Waals surface area contributed by atoms with Crippen LogP contribution in [0.1, 0.15) is 19.4 Å². The van der Waals surface area contributed by atoms with Gasteiger partial charge in [0, 0.05) is 0 Å². The zero-order valence-electron chi connectivity index (χ0n) is 7.97. The molecule has 0 aliphatic heterocycles. The van der Waals surface area contributed by atoms with E-state index >= 15 is 0 Å². The average Bonchev–Trinajstić information content (AvgIpc) is 2.02. The molecule has 72 valence electrons. The molecular formula is C10H13BrO2. The molecule has 0 unspecified atom stereocenters. The molecule has 0 bridgehead atoms. The van der Waals surface area contributed by atoms with Crippen molar-refractivity contribution in [3.8, 4) is 5.75 Å². The monoisotopic (exact) mass is 244 g/mol. The lowest BCUT2D eigenvalue weighted by molar-refractivity contribution is 0.0785. The first-order valence-corrected chi connectivity index (χ1v) is 4.81. The van der Waals surface area contributed by atoms with E-state index in [1.165, 1.54) is 0 Å². The van der Waals surface area contributed by atoms with Crippen molar-refractivity contribution >= 4 is 15.9 Å². The molecule has 0 spiro atoms. The second-order valence-corrected chi connectivity index (χ2v) is 4.26. The van der Waals surface area contributed by atoms with Crippen LogP contribution in [0.4, 0.5) is 0 Å². The normalized spacial score (nSPS) is 11.5. The summed E-state index contributed by atoms with van der Waals surface area (Å²) in [6, 6.07) is 5.54. The van der Waals surface area contributed by atoms with Gasteiger partial charge in [0.15, 0.2) is 0 Å². The number of aliphatic hydroxyl groups is 1. The minimum absolute atomic E-state index is 0.771. The van der Waals surface area contributed by atoms with E-state index in [1.807, 2.05) is 18.2 Å². The van der Waals surface area contributed by atoms with E-state index in [0.29, 0.717) is 0 Å². The lowest BCUT2D eigenvalue weighted by atomic mass is 9.99. The van der Waals surface area contributed by atoms with Gasteiger partial charge in [0.25, 0.3) is 0 Å². The van der Waals surface area contributed by atoms with E-state index in [1.54, 1.807) is 21.0 Å². The van der Waals surface area contributed by atoms with Crippen LogP contribution in [0.3, 0.4) is 0 Å². The summed E-state index contributed by atoms with van der Waals surface area (Å²) in [5, 5.41) is 9.72. The first-order valence-electron chi connectivity index (χ1n) is 4.01. The summed E-state index contributed by atoms with van der Waals surface area (Å²) in [6.45, 7) is 3.50. The molecule has 0 aliphatic carbocycles. The maximum atomic E-state index is 9.72. The Kier molecular flexibility index (Phi) is 2.98. The molecule has 0 heterocycles. The fraction of sp³-hybridized carbons (Fsp3) is 0.400. The highest BCUT2D eigenvalue weighted by Crippen LogP contribution is 2.29. The van der Waals surface area contributed by atoms with Crippen LogP contribution in [-0.2, 0) is 5.60 Å². The Morgan fingerprint density at radius 3 is 2.38 bits per heavy atom. The first-order chi connectivity index (χ1) is 5.95. The molecule has 0 radical (unpaired) electrons. The molecule has 0 aromatic heterocycles. The van der Waals surface area contributed by atoms with Crippen LogP contribution >= 0.6 is 15.9 Å². The van der Waals surface area contributed by atoms with Crippen LogP contribution in [0.2, 0.25) is 0 Å². The number of hydrogen-bond acceptors (Lipinski definition) is 2. The van der Waals surface area contributed by atoms with E-state index in [-0.39, 0.29) is 0 Å². The zero-order valence-corrected chi connectivity index (χ0v) is 9.55. The molecule has 0 aliphatic rings. The molecule has 1 N–H and O–H groups in total. The van der Waals surface area contributed by atoms with Crippen molar-refractivity contribution in [3.63, 3.8) is 0 Å². The van der Waals surface area contributed by atoms with Crippen LogP contribution in [-0.4, -0.2) is 12.2 Å². The summed E-state index contributed by atoms with van der Waals surface area (Å²) < 4.78 is 5.94. The van der Waals surface area contributed by atoms with Gasteiger partial charge in [-0.3, -0.25) is 0 Å². The molecular weight excluding hydrogens is 232 g/mol. The average molecular weight is 245 g/mol. The van der Waals surface area contributed by atoms with Crippen LogP contribution in [0.5, 0.6) is 5.75 Å². The molecule has 0 saturated carbocycles. The Morgan fingerprint density at radius 2 is 2.00 bits per heavy atom. The Bertz CT molecular complexity index is 302. The van der Waals surface area contributed by atoms with E-state index in [9.17, 15) is 5.11 Å². The first kappa shape index (κ1) is 10.5. The van der Waals surface area contributed by atoms with Gasteiger partial charge >= 0.3 is 0 Å². The lowest BCUT2D eigenvalue weighted by Crippen LogP contribution is -2.15. The minimum Gasteiger partial charge on any atom is -0.496 e. The zero-order chi connectivity index (χ0) is 10.1. The summed E-state index contributed by atoms with van der Waals surface area (Å²) >= 11 is 3.36. The van der Waals surface area contributed by atoms with Crippen LogP contribution in [0.25, 0.3) is 0 Å². The van der Waals surface area contributed by atoms with E-state index in [2.05, 4.69) is 15.9 Å². The van der Waals surface area contributed by atoms with Crippen molar-refractivity contribution in [2.75, 3.05) is 7.11 Å². The van der Waals surface area contributed by atoms with E-state index in [4.69, 9.17) is 4.74 Å². The summed E-state index contributed by atoms with van der Waals surface area (Å²) in [6.07, 6.45) is 0. The van der Waals surface area contributed by atoms with Gasteiger partial charge in [-0.25, -0.2) is 0 Å². The predicted octanol–water partition coefficient (Wildman–Crippen LogP) is 2.69. The minimum atomic E-state index is -0.811. The maximum absolute atomic E-state index is 9.72. The lowest BCUT2D eigenvalue weighted by Gasteiger charge is -2.18. The molecule has 1 aromatic rings. The molecule has 3 heteroatoms. The number of methoxy groups -OCH3 is 1. The van der Waals surface area contributed by atoms with Crippen molar-refractivity contribution in [3.05, 3.63) is 28.2 Å². The summed E-state index contributed by atoms with van der Waals surface area (Å²) in [5.74, 6) is 0.771. The van der Waals surface area contributed by atoms with Crippen LogP contribution in [0, 0.1) is 0 Å². The van der Waals surface area contributed by atoms with Crippen LogP contribution < -0.4 is 4.74 Å². The summed E-state index contributed by atoms with van der Waals surface area (Å²) in [4.78, 5) is 0. The number of hydrogen-bond donors (Lipinski definition) is 1. The van der Waals surface area contributed by atoms with Crippen molar-refractivity contribution in [1.82, 2.24) is 0 Å². The van der Waals surface area contributed by atoms with Gasteiger partial charge in [-0.15, -0.1) is 0 Å². The molecule has 0 fully saturated rings. The highest BCUT2D eigenvalue weighted by atomic mass is 79.9.